The molecule has 63 heavy (non-hydrogen) atoms. The predicted molar refractivity (Wildman–Crippen MR) is 263 cm³/mol. The molecule has 0 saturated carbocycles. The molecule has 296 valence electrons. The molecule has 0 bridgehead atoms. The van der Waals surface area contributed by atoms with Crippen LogP contribution in [0.15, 0.2) is 212 Å². The quantitative estimate of drug-likeness (QED) is 0.124. The fraction of sp³-hybridized carbons (Fsp3) is 0.0500. The summed E-state index contributed by atoms with van der Waals surface area (Å²) in [6.07, 6.45) is 0. The lowest BCUT2D eigenvalue weighted by molar-refractivity contribution is 0.660. The van der Waals surface area contributed by atoms with Gasteiger partial charge in [0.05, 0.1) is 0 Å². The zero-order chi connectivity index (χ0) is 42.1. The van der Waals surface area contributed by atoms with Crippen LogP contribution in [0.2, 0.25) is 0 Å². The van der Waals surface area contributed by atoms with Crippen molar-refractivity contribution in [3.63, 3.8) is 0 Å². The molecule has 0 saturated heterocycles. The Hall–Kier alpha value is -8.01. The van der Waals surface area contributed by atoms with Crippen LogP contribution in [0.1, 0.15) is 25.0 Å². The van der Waals surface area contributed by atoms with Gasteiger partial charge in [0.25, 0.3) is 0 Å². The lowest BCUT2D eigenvalue weighted by Gasteiger charge is -2.21. The SMILES string of the molecule is CC1(C)c2ccccc2-c2cc(-c3ccc(-c4nc(-c5ccc(-c6ccccc6)cc5)nc(-c5ccc(-c6c7ccccc7cc7c6ccc6ccccc67)cc5)n4)cc3)ccc21. The number of aromatic nitrogens is 3. The van der Waals surface area contributed by atoms with Crippen LogP contribution in [-0.2, 0) is 5.41 Å². The molecule has 0 radical (unpaired) electrons. The Kier molecular flexibility index (Phi) is 8.52. The first kappa shape index (κ1) is 36.8. The second-order valence-corrected chi connectivity index (χ2v) is 17.2. The minimum atomic E-state index is -0.0236. The van der Waals surface area contributed by atoms with E-state index in [1.165, 1.54) is 71.3 Å². The molecule has 0 spiro atoms. The number of hydrogen-bond acceptors (Lipinski definition) is 3. The highest BCUT2D eigenvalue weighted by Gasteiger charge is 2.35. The first-order chi connectivity index (χ1) is 31.0. The predicted octanol–water partition coefficient (Wildman–Crippen LogP) is 15.6. The van der Waals surface area contributed by atoms with Gasteiger partial charge >= 0.3 is 0 Å². The van der Waals surface area contributed by atoms with Crippen LogP contribution in [0.25, 0.3) is 111 Å². The molecule has 0 fully saturated rings. The van der Waals surface area contributed by atoms with Gasteiger partial charge in [-0.3, -0.25) is 0 Å². The molecule has 11 aromatic rings. The maximum Gasteiger partial charge on any atom is 0.164 e. The molecular formula is C60H41N3. The summed E-state index contributed by atoms with van der Waals surface area (Å²) in [4.78, 5) is 15.4. The molecule has 1 heterocycles. The third kappa shape index (κ3) is 6.23. The highest BCUT2D eigenvalue weighted by Crippen LogP contribution is 2.49. The van der Waals surface area contributed by atoms with Crippen molar-refractivity contribution in [3.05, 3.63) is 223 Å². The number of benzene rings is 10. The highest BCUT2D eigenvalue weighted by molar-refractivity contribution is 6.20. The summed E-state index contributed by atoms with van der Waals surface area (Å²) in [5.41, 5.74) is 15.2. The third-order valence-corrected chi connectivity index (χ3v) is 13.1. The number of fused-ring (bicyclic) bond motifs is 7. The van der Waals surface area contributed by atoms with E-state index < -0.39 is 0 Å². The van der Waals surface area contributed by atoms with Gasteiger partial charge < -0.3 is 0 Å². The Labute approximate surface area is 367 Å². The first-order valence-corrected chi connectivity index (χ1v) is 21.7. The van der Waals surface area contributed by atoms with Gasteiger partial charge in [-0.05, 0) is 100 Å². The van der Waals surface area contributed by atoms with E-state index in [1.54, 1.807) is 0 Å². The lowest BCUT2D eigenvalue weighted by atomic mass is 9.82. The molecule has 1 aliphatic rings. The fourth-order valence-electron chi connectivity index (χ4n) is 9.83. The third-order valence-electron chi connectivity index (χ3n) is 13.1. The molecule has 0 amide bonds. The van der Waals surface area contributed by atoms with Gasteiger partial charge in [-0.15, -0.1) is 0 Å². The van der Waals surface area contributed by atoms with E-state index in [1.807, 2.05) is 6.07 Å². The van der Waals surface area contributed by atoms with Gasteiger partial charge in [-0.1, -0.05) is 214 Å². The van der Waals surface area contributed by atoms with Crippen molar-refractivity contribution in [1.82, 2.24) is 15.0 Å². The van der Waals surface area contributed by atoms with E-state index in [-0.39, 0.29) is 5.41 Å². The molecular weight excluding hydrogens is 763 g/mol. The summed E-state index contributed by atoms with van der Waals surface area (Å²) in [5.74, 6) is 1.90. The molecule has 0 aliphatic heterocycles. The summed E-state index contributed by atoms with van der Waals surface area (Å²) in [7, 11) is 0. The summed E-state index contributed by atoms with van der Waals surface area (Å²) >= 11 is 0. The fourth-order valence-corrected chi connectivity index (χ4v) is 9.83. The second-order valence-electron chi connectivity index (χ2n) is 17.2. The monoisotopic (exact) mass is 803 g/mol. The van der Waals surface area contributed by atoms with Crippen molar-refractivity contribution < 1.29 is 0 Å². The minimum absolute atomic E-state index is 0.0236. The van der Waals surface area contributed by atoms with Crippen molar-refractivity contribution in [3.8, 4) is 78.7 Å². The molecule has 0 unspecified atom stereocenters. The standard InChI is InChI=1S/C60H41N3/c1-60(2)54-19-11-10-18-50(54)53-36-46(33-35-55(53)60)40-22-28-44(29-23-40)58-61-57(43-26-20-39(21-27-43)38-12-4-3-5-13-38)62-59(63-58)45-30-24-42(25-31-45)56-49-17-9-7-15-47(49)37-52-48-16-8-6-14-41(48)32-34-51(52)56/h3-37H,1-2H3. The summed E-state index contributed by atoms with van der Waals surface area (Å²) < 4.78 is 0. The average Bonchev–Trinajstić information content (AvgIpc) is 3.58. The van der Waals surface area contributed by atoms with E-state index in [2.05, 4.69) is 220 Å². The van der Waals surface area contributed by atoms with E-state index >= 15 is 0 Å². The Morgan fingerprint density at radius 2 is 0.762 bits per heavy atom. The van der Waals surface area contributed by atoms with Crippen LogP contribution in [0.4, 0.5) is 0 Å². The zero-order valence-corrected chi connectivity index (χ0v) is 35.0. The normalized spacial score (nSPS) is 12.7. The van der Waals surface area contributed by atoms with Crippen molar-refractivity contribution >= 4 is 32.3 Å². The van der Waals surface area contributed by atoms with E-state index in [0.717, 1.165) is 33.4 Å². The summed E-state index contributed by atoms with van der Waals surface area (Å²) in [6, 6.07) is 76.3. The smallest absolute Gasteiger partial charge is 0.164 e. The van der Waals surface area contributed by atoms with Crippen molar-refractivity contribution in [2.45, 2.75) is 19.3 Å². The first-order valence-electron chi connectivity index (χ1n) is 21.7. The van der Waals surface area contributed by atoms with Crippen molar-refractivity contribution in [2.75, 3.05) is 0 Å². The van der Waals surface area contributed by atoms with Crippen LogP contribution in [0, 0.1) is 0 Å². The molecule has 1 aromatic heterocycles. The molecule has 3 nitrogen and oxygen atoms in total. The van der Waals surface area contributed by atoms with Gasteiger partial charge in [-0.25, -0.2) is 15.0 Å². The van der Waals surface area contributed by atoms with Gasteiger partial charge in [0.15, 0.2) is 17.5 Å². The molecule has 10 aromatic carbocycles. The van der Waals surface area contributed by atoms with E-state index in [0.29, 0.717) is 17.5 Å². The van der Waals surface area contributed by atoms with Gasteiger partial charge in [-0.2, -0.15) is 0 Å². The molecule has 3 heteroatoms. The maximum absolute atomic E-state index is 5.17. The second kappa shape index (κ2) is 14.6. The van der Waals surface area contributed by atoms with Gasteiger partial charge in [0.2, 0.25) is 0 Å². The van der Waals surface area contributed by atoms with Gasteiger partial charge in [0, 0.05) is 22.1 Å². The molecule has 1 aliphatic carbocycles. The van der Waals surface area contributed by atoms with Crippen LogP contribution in [-0.4, -0.2) is 15.0 Å². The number of rotatable bonds is 6. The molecule has 12 rings (SSSR count). The largest absolute Gasteiger partial charge is 0.208 e. The average molecular weight is 804 g/mol. The van der Waals surface area contributed by atoms with E-state index in [4.69, 9.17) is 15.0 Å². The molecule has 0 N–H and O–H groups in total. The molecule has 0 atom stereocenters. The van der Waals surface area contributed by atoms with Crippen LogP contribution < -0.4 is 0 Å². The summed E-state index contributed by atoms with van der Waals surface area (Å²) in [6.45, 7) is 4.65. The highest BCUT2D eigenvalue weighted by atomic mass is 15.0. The number of hydrogen-bond donors (Lipinski definition) is 0. The van der Waals surface area contributed by atoms with E-state index in [9.17, 15) is 0 Å². The lowest BCUT2D eigenvalue weighted by Crippen LogP contribution is -2.14. The van der Waals surface area contributed by atoms with Crippen LogP contribution in [0.5, 0.6) is 0 Å². The Morgan fingerprint density at radius 3 is 1.43 bits per heavy atom. The van der Waals surface area contributed by atoms with Crippen LogP contribution >= 0.6 is 0 Å². The topological polar surface area (TPSA) is 38.7 Å². The van der Waals surface area contributed by atoms with Crippen molar-refractivity contribution in [1.29, 1.82) is 0 Å². The Morgan fingerprint density at radius 1 is 0.286 bits per heavy atom. The van der Waals surface area contributed by atoms with Gasteiger partial charge in [0.1, 0.15) is 0 Å². The van der Waals surface area contributed by atoms with Crippen molar-refractivity contribution in [2.24, 2.45) is 0 Å². The maximum atomic E-state index is 5.17. The zero-order valence-electron chi connectivity index (χ0n) is 35.0. The Balaban J connectivity index is 0.948. The summed E-state index contributed by atoms with van der Waals surface area (Å²) in [5, 5.41) is 7.45. The Bertz CT molecular complexity index is 3550. The van der Waals surface area contributed by atoms with Crippen LogP contribution in [0.3, 0.4) is 0 Å². The minimum Gasteiger partial charge on any atom is -0.208 e. The number of nitrogens with zero attached hydrogens (tertiary/aromatic N) is 3.